The molecule has 2 N–H and O–H groups in total. The molecule has 4 rings (SSSR count). The average Bonchev–Trinajstić information content (AvgIpc) is 2.86. The van der Waals surface area contributed by atoms with Crippen molar-refractivity contribution >= 4 is 17.9 Å². The number of anilines is 1. The van der Waals surface area contributed by atoms with Crippen molar-refractivity contribution in [1.29, 1.82) is 0 Å². The quantitative estimate of drug-likeness (QED) is 0.881. The van der Waals surface area contributed by atoms with E-state index in [2.05, 4.69) is 17.4 Å². The number of carboxylic acid groups (broad SMARTS) is 1. The minimum Gasteiger partial charge on any atom is -0.465 e. The minimum atomic E-state index is -1.12. The highest BCUT2D eigenvalue weighted by Crippen LogP contribution is 2.57. The molecule has 0 bridgehead atoms. The molecule has 7 heteroatoms. The number of fused-ring (bicyclic) bond motifs is 1. The molecule has 0 spiro atoms. The van der Waals surface area contributed by atoms with Crippen molar-refractivity contribution in [2.24, 2.45) is 11.8 Å². The number of carbonyl (C=O) groups excluding carboxylic acids is 1. The van der Waals surface area contributed by atoms with E-state index in [4.69, 9.17) is 14.6 Å². The highest BCUT2D eigenvalue weighted by Gasteiger charge is 2.54. The van der Waals surface area contributed by atoms with E-state index < -0.39 is 18.3 Å². The minimum absolute atomic E-state index is 0.0983. The third-order valence-corrected chi connectivity index (χ3v) is 4.90. The summed E-state index contributed by atoms with van der Waals surface area (Å²) in [6.07, 6.45) is -2.02. The normalized spacial score (nSPS) is 31.7. The molecular weight excluding hydrogens is 300 g/mol. The summed E-state index contributed by atoms with van der Waals surface area (Å²) >= 11 is 0. The van der Waals surface area contributed by atoms with E-state index in [1.165, 1.54) is 10.5 Å². The van der Waals surface area contributed by atoms with Crippen molar-refractivity contribution in [3.05, 3.63) is 29.8 Å². The van der Waals surface area contributed by atoms with Gasteiger partial charge in [0.1, 0.15) is 6.10 Å². The lowest BCUT2D eigenvalue weighted by atomic mass is 10.1. The Bertz CT molecular complexity index is 622. The van der Waals surface area contributed by atoms with Gasteiger partial charge in [-0.2, -0.15) is 0 Å². The first-order valence-corrected chi connectivity index (χ1v) is 7.76. The Hall–Kier alpha value is -2.28. The predicted molar refractivity (Wildman–Crippen MR) is 80.6 cm³/mol. The van der Waals surface area contributed by atoms with E-state index >= 15 is 0 Å². The van der Waals surface area contributed by atoms with Crippen LogP contribution in [0, 0.1) is 11.8 Å². The molecule has 1 unspecified atom stereocenters. The first kappa shape index (κ1) is 14.3. The molecule has 7 nitrogen and oxygen atoms in total. The van der Waals surface area contributed by atoms with Crippen molar-refractivity contribution in [3.8, 4) is 0 Å². The zero-order valence-corrected chi connectivity index (χ0v) is 12.5. The van der Waals surface area contributed by atoms with Crippen molar-refractivity contribution in [1.82, 2.24) is 5.32 Å². The van der Waals surface area contributed by atoms with E-state index in [0.29, 0.717) is 24.3 Å². The molecule has 122 valence electrons. The van der Waals surface area contributed by atoms with Crippen molar-refractivity contribution in [2.45, 2.75) is 12.0 Å². The molecule has 2 saturated heterocycles. The van der Waals surface area contributed by atoms with Crippen LogP contribution in [0.2, 0.25) is 0 Å². The van der Waals surface area contributed by atoms with Crippen LogP contribution in [-0.4, -0.2) is 49.7 Å². The fraction of sp³-hybridized carbons (Fsp3) is 0.500. The monoisotopic (exact) mass is 318 g/mol. The maximum atomic E-state index is 11.9. The van der Waals surface area contributed by atoms with Gasteiger partial charge in [0, 0.05) is 5.69 Å². The van der Waals surface area contributed by atoms with Gasteiger partial charge in [-0.15, -0.1) is 0 Å². The Kier molecular flexibility index (Phi) is 3.37. The molecule has 1 aromatic rings. The fourth-order valence-electron chi connectivity index (χ4n) is 3.65. The summed E-state index contributed by atoms with van der Waals surface area (Å²) in [5.41, 5.74) is 2.07. The highest BCUT2D eigenvalue weighted by atomic mass is 16.6. The highest BCUT2D eigenvalue weighted by molar-refractivity contribution is 5.89. The summed E-state index contributed by atoms with van der Waals surface area (Å²) in [4.78, 5) is 24.0. The van der Waals surface area contributed by atoms with Crippen molar-refractivity contribution in [3.63, 3.8) is 0 Å². The van der Waals surface area contributed by atoms with Gasteiger partial charge in [-0.1, -0.05) is 12.1 Å². The third kappa shape index (κ3) is 2.61. The number of benzene rings is 1. The zero-order chi connectivity index (χ0) is 16.0. The molecule has 2 heterocycles. The maximum Gasteiger partial charge on any atom is 0.414 e. The predicted octanol–water partition coefficient (Wildman–Crippen LogP) is 1.64. The van der Waals surface area contributed by atoms with Gasteiger partial charge < -0.3 is 19.9 Å². The van der Waals surface area contributed by atoms with Gasteiger partial charge in [0.05, 0.1) is 26.3 Å². The molecule has 3 aliphatic rings. The van der Waals surface area contributed by atoms with Crippen LogP contribution in [-0.2, 0) is 9.47 Å². The van der Waals surface area contributed by atoms with Crippen LogP contribution in [0.4, 0.5) is 15.3 Å². The Morgan fingerprint density at radius 3 is 2.61 bits per heavy atom. The first-order chi connectivity index (χ1) is 11.1. The topological polar surface area (TPSA) is 88.1 Å². The van der Waals surface area contributed by atoms with Crippen LogP contribution >= 0.6 is 0 Å². The number of hydrogen-bond donors (Lipinski definition) is 2. The number of hydrogen-bond acceptors (Lipinski definition) is 4. The maximum absolute atomic E-state index is 11.9. The number of carbonyl (C=O) groups is 2. The summed E-state index contributed by atoms with van der Waals surface area (Å²) in [7, 11) is 0. The van der Waals surface area contributed by atoms with E-state index in [-0.39, 0.29) is 6.54 Å². The standard InChI is InChI=1S/C16H18N2O5/c19-15(20)17-5-11-6-18(16(21)23-11)10-3-1-9(2-4-10)14-12-7-22-8-13(12)14/h1-4,11-14,17H,5-8H2,(H,19,20)/t11-,12-,13+,14?/m0/s1. The summed E-state index contributed by atoms with van der Waals surface area (Å²) in [5, 5.41) is 10.8. The van der Waals surface area contributed by atoms with Crippen LogP contribution in [0.3, 0.4) is 0 Å². The Balaban J connectivity index is 1.40. The van der Waals surface area contributed by atoms with Gasteiger partial charge in [0.15, 0.2) is 0 Å². The number of amides is 2. The van der Waals surface area contributed by atoms with Crippen LogP contribution in [0.5, 0.6) is 0 Å². The molecule has 2 aliphatic heterocycles. The second kappa shape index (κ2) is 5.42. The summed E-state index contributed by atoms with van der Waals surface area (Å²) in [6.45, 7) is 2.16. The number of ether oxygens (including phenoxy) is 2. The van der Waals surface area contributed by atoms with E-state index in [0.717, 1.165) is 18.9 Å². The lowest BCUT2D eigenvalue weighted by molar-refractivity contribution is 0.136. The summed E-state index contributed by atoms with van der Waals surface area (Å²) in [5.74, 6) is 1.91. The third-order valence-electron chi connectivity index (χ3n) is 4.90. The van der Waals surface area contributed by atoms with Gasteiger partial charge in [0.2, 0.25) is 0 Å². The van der Waals surface area contributed by atoms with E-state index in [9.17, 15) is 9.59 Å². The molecule has 0 aromatic heterocycles. The Morgan fingerprint density at radius 2 is 1.96 bits per heavy atom. The zero-order valence-electron chi connectivity index (χ0n) is 12.5. The molecule has 1 aromatic carbocycles. The molecular formula is C16H18N2O5. The van der Waals surface area contributed by atoms with Crippen LogP contribution in [0.25, 0.3) is 0 Å². The van der Waals surface area contributed by atoms with Crippen LogP contribution in [0.1, 0.15) is 11.5 Å². The lowest BCUT2D eigenvalue weighted by Gasteiger charge is -2.14. The molecule has 23 heavy (non-hydrogen) atoms. The summed E-state index contributed by atoms with van der Waals surface area (Å²) < 4.78 is 10.6. The van der Waals surface area contributed by atoms with Crippen molar-refractivity contribution < 1.29 is 24.2 Å². The second-order valence-corrected chi connectivity index (χ2v) is 6.28. The Labute approximate surface area is 133 Å². The molecule has 4 atom stereocenters. The molecule has 3 fully saturated rings. The molecule has 1 aliphatic carbocycles. The number of nitrogens with zero attached hydrogens (tertiary/aromatic N) is 1. The molecule has 0 radical (unpaired) electrons. The van der Waals surface area contributed by atoms with E-state index in [1.54, 1.807) is 0 Å². The van der Waals surface area contributed by atoms with Gasteiger partial charge in [-0.05, 0) is 35.4 Å². The summed E-state index contributed by atoms with van der Waals surface area (Å²) in [6, 6.07) is 7.99. The largest absolute Gasteiger partial charge is 0.465 e. The average molecular weight is 318 g/mol. The fourth-order valence-corrected chi connectivity index (χ4v) is 3.65. The van der Waals surface area contributed by atoms with Gasteiger partial charge in [-0.3, -0.25) is 4.90 Å². The molecule has 2 amide bonds. The SMILES string of the molecule is O=C(O)NC[C@H]1CN(c2ccc(C3[C@H]4COC[C@@H]34)cc2)C(=O)O1. The van der Waals surface area contributed by atoms with Crippen LogP contribution < -0.4 is 10.2 Å². The van der Waals surface area contributed by atoms with Crippen molar-refractivity contribution in [2.75, 3.05) is 31.2 Å². The first-order valence-electron chi connectivity index (χ1n) is 7.76. The number of cyclic esters (lactones) is 1. The molecule has 1 saturated carbocycles. The van der Waals surface area contributed by atoms with Gasteiger partial charge in [0.25, 0.3) is 0 Å². The van der Waals surface area contributed by atoms with Gasteiger partial charge in [-0.25, -0.2) is 9.59 Å². The number of rotatable bonds is 4. The van der Waals surface area contributed by atoms with Gasteiger partial charge >= 0.3 is 12.2 Å². The Morgan fingerprint density at radius 1 is 1.26 bits per heavy atom. The van der Waals surface area contributed by atoms with Crippen LogP contribution in [0.15, 0.2) is 24.3 Å². The second-order valence-electron chi connectivity index (χ2n) is 6.28. The number of nitrogens with one attached hydrogen (secondary N) is 1. The smallest absolute Gasteiger partial charge is 0.414 e. The van der Waals surface area contributed by atoms with E-state index in [1.807, 2.05) is 12.1 Å². The lowest BCUT2D eigenvalue weighted by Crippen LogP contribution is -2.33.